The van der Waals surface area contributed by atoms with Gasteiger partial charge in [-0.15, -0.1) is 0 Å². The SMILES string of the molecule is COc1ccc2c(c1)CN(C(=O)c1cc(=O)c3ccccc3o1)CC2. The van der Waals surface area contributed by atoms with Gasteiger partial charge in [0.1, 0.15) is 11.3 Å². The average Bonchev–Trinajstić information content (AvgIpc) is 2.66. The fourth-order valence-electron chi connectivity index (χ4n) is 3.20. The first-order valence-electron chi connectivity index (χ1n) is 8.13. The van der Waals surface area contributed by atoms with E-state index in [4.69, 9.17) is 9.15 Å². The Kier molecular flexibility index (Phi) is 3.76. The zero-order valence-corrected chi connectivity index (χ0v) is 13.8. The summed E-state index contributed by atoms with van der Waals surface area (Å²) in [6.45, 7) is 1.07. The molecule has 0 fully saturated rings. The molecule has 25 heavy (non-hydrogen) atoms. The van der Waals surface area contributed by atoms with E-state index >= 15 is 0 Å². The minimum atomic E-state index is -0.267. The Morgan fingerprint density at radius 3 is 2.80 bits per heavy atom. The molecule has 1 amide bonds. The molecule has 2 heterocycles. The lowest BCUT2D eigenvalue weighted by atomic mass is 9.99. The highest BCUT2D eigenvalue weighted by molar-refractivity contribution is 5.93. The first kappa shape index (κ1) is 15.4. The van der Waals surface area contributed by atoms with Gasteiger partial charge in [-0.25, -0.2) is 0 Å². The quantitative estimate of drug-likeness (QED) is 0.722. The van der Waals surface area contributed by atoms with E-state index in [-0.39, 0.29) is 17.1 Å². The zero-order chi connectivity index (χ0) is 17.4. The van der Waals surface area contributed by atoms with E-state index in [0.29, 0.717) is 24.1 Å². The first-order chi connectivity index (χ1) is 12.2. The van der Waals surface area contributed by atoms with Gasteiger partial charge in [-0.1, -0.05) is 18.2 Å². The van der Waals surface area contributed by atoms with Gasteiger partial charge in [0, 0.05) is 19.2 Å². The molecule has 5 heteroatoms. The van der Waals surface area contributed by atoms with Crippen molar-refractivity contribution in [2.45, 2.75) is 13.0 Å². The van der Waals surface area contributed by atoms with E-state index in [1.54, 1.807) is 36.3 Å². The van der Waals surface area contributed by atoms with Crippen LogP contribution in [0.25, 0.3) is 11.0 Å². The molecule has 0 saturated carbocycles. The van der Waals surface area contributed by atoms with E-state index in [0.717, 1.165) is 17.7 Å². The zero-order valence-electron chi connectivity index (χ0n) is 13.8. The molecule has 0 spiro atoms. The molecular formula is C20H17NO4. The molecule has 0 unspecified atom stereocenters. The molecule has 126 valence electrons. The van der Waals surface area contributed by atoms with Crippen LogP contribution in [-0.4, -0.2) is 24.5 Å². The minimum Gasteiger partial charge on any atom is -0.497 e. The van der Waals surface area contributed by atoms with Crippen LogP contribution >= 0.6 is 0 Å². The van der Waals surface area contributed by atoms with E-state index in [1.807, 2.05) is 18.2 Å². The Labute approximate surface area is 144 Å². The molecular weight excluding hydrogens is 318 g/mol. The molecule has 5 nitrogen and oxygen atoms in total. The number of methoxy groups -OCH3 is 1. The summed E-state index contributed by atoms with van der Waals surface area (Å²) in [6, 6.07) is 14.1. The van der Waals surface area contributed by atoms with Crippen molar-refractivity contribution in [1.29, 1.82) is 0 Å². The number of carbonyl (C=O) groups excluding carboxylic acids is 1. The highest BCUT2D eigenvalue weighted by Gasteiger charge is 2.24. The lowest BCUT2D eigenvalue weighted by Crippen LogP contribution is -2.36. The van der Waals surface area contributed by atoms with E-state index in [9.17, 15) is 9.59 Å². The number of fused-ring (bicyclic) bond motifs is 2. The molecule has 0 radical (unpaired) electrons. The molecule has 1 aromatic heterocycles. The van der Waals surface area contributed by atoms with Gasteiger partial charge in [-0.3, -0.25) is 9.59 Å². The third kappa shape index (κ3) is 2.78. The Morgan fingerprint density at radius 1 is 1.12 bits per heavy atom. The second-order valence-corrected chi connectivity index (χ2v) is 6.08. The molecule has 0 bridgehead atoms. The number of hydrogen-bond donors (Lipinski definition) is 0. The van der Waals surface area contributed by atoms with Crippen molar-refractivity contribution in [2.75, 3.05) is 13.7 Å². The fraction of sp³-hybridized carbons (Fsp3) is 0.200. The first-order valence-corrected chi connectivity index (χ1v) is 8.13. The van der Waals surface area contributed by atoms with Gasteiger partial charge < -0.3 is 14.1 Å². The molecule has 3 aromatic rings. The monoisotopic (exact) mass is 335 g/mol. The number of benzene rings is 2. The average molecular weight is 335 g/mol. The third-order valence-electron chi connectivity index (χ3n) is 4.56. The van der Waals surface area contributed by atoms with Crippen LogP contribution in [-0.2, 0) is 13.0 Å². The van der Waals surface area contributed by atoms with Crippen molar-refractivity contribution in [3.63, 3.8) is 0 Å². The van der Waals surface area contributed by atoms with Gasteiger partial charge in [-0.2, -0.15) is 0 Å². The highest BCUT2D eigenvalue weighted by Crippen LogP contribution is 2.25. The summed E-state index contributed by atoms with van der Waals surface area (Å²) in [7, 11) is 1.62. The number of rotatable bonds is 2. The number of para-hydroxylation sites is 1. The van der Waals surface area contributed by atoms with Crippen LogP contribution in [0.2, 0.25) is 0 Å². The van der Waals surface area contributed by atoms with Gasteiger partial charge in [0.2, 0.25) is 0 Å². The second kappa shape index (κ2) is 6.09. The highest BCUT2D eigenvalue weighted by atomic mass is 16.5. The maximum Gasteiger partial charge on any atom is 0.290 e. The summed E-state index contributed by atoms with van der Waals surface area (Å²) < 4.78 is 10.9. The standard InChI is InChI=1S/C20H17NO4/c1-24-15-7-6-13-8-9-21(12-14(13)10-15)20(23)19-11-17(22)16-4-2-3-5-18(16)25-19/h2-7,10-11H,8-9,12H2,1H3. The third-order valence-corrected chi connectivity index (χ3v) is 4.56. The Morgan fingerprint density at radius 2 is 1.96 bits per heavy atom. The van der Waals surface area contributed by atoms with Crippen LogP contribution < -0.4 is 10.2 Å². The summed E-state index contributed by atoms with van der Waals surface area (Å²) in [5, 5.41) is 0.479. The van der Waals surface area contributed by atoms with Crippen molar-refractivity contribution < 1.29 is 13.9 Å². The van der Waals surface area contributed by atoms with E-state index in [2.05, 4.69) is 0 Å². The molecule has 2 aromatic carbocycles. The molecule has 0 aliphatic carbocycles. The Hall–Kier alpha value is -3.08. The summed E-state index contributed by atoms with van der Waals surface area (Å²) in [5.41, 5.74) is 2.49. The predicted octanol–water partition coefficient (Wildman–Crippen LogP) is 3.00. The Balaban J connectivity index is 1.66. The van der Waals surface area contributed by atoms with E-state index < -0.39 is 0 Å². The normalized spacial score (nSPS) is 13.6. The number of nitrogens with zero attached hydrogens (tertiary/aromatic N) is 1. The van der Waals surface area contributed by atoms with Crippen LogP contribution in [0, 0.1) is 0 Å². The number of ether oxygens (including phenoxy) is 1. The number of amides is 1. The van der Waals surface area contributed by atoms with Crippen molar-refractivity contribution in [1.82, 2.24) is 4.90 Å². The van der Waals surface area contributed by atoms with E-state index in [1.165, 1.54) is 11.6 Å². The van der Waals surface area contributed by atoms with Gasteiger partial charge >= 0.3 is 0 Å². The van der Waals surface area contributed by atoms with Crippen LogP contribution in [0.1, 0.15) is 21.7 Å². The number of carbonyl (C=O) groups is 1. The summed E-state index contributed by atoms with van der Waals surface area (Å²) >= 11 is 0. The van der Waals surface area contributed by atoms with Crippen molar-refractivity contribution in [3.8, 4) is 5.75 Å². The predicted molar refractivity (Wildman–Crippen MR) is 93.9 cm³/mol. The Bertz CT molecular complexity index is 1020. The molecule has 4 rings (SSSR count). The van der Waals surface area contributed by atoms with Crippen LogP contribution in [0.15, 0.2) is 57.7 Å². The van der Waals surface area contributed by atoms with Crippen LogP contribution in [0.3, 0.4) is 0 Å². The topological polar surface area (TPSA) is 59.8 Å². The van der Waals surface area contributed by atoms with Crippen LogP contribution in [0.5, 0.6) is 5.75 Å². The van der Waals surface area contributed by atoms with Gasteiger partial charge in [0.15, 0.2) is 11.2 Å². The lowest BCUT2D eigenvalue weighted by molar-refractivity contribution is 0.0702. The molecule has 1 aliphatic heterocycles. The van der Waals surface area contributed by atoms with Crippen molar-refractivity contribution >= 4 is 16.9 Å². The molecule has 0 N–H and O–H groups in total. The van der Waals surface area contributed by atoms with Gasteiger partial charge in [-0.05, 0) is 41.8 Å². The molecule has 0 saturated heterocycles. The van der Waals surface area contributed by atoms with Crippen molar-refractivity contribution in [3.05, 3.63) is 75.6 Å². The smallest absolute Gasteiger partial charge is 0.290 e. The van der Waals surface area contributed by atoms with Crippen LogP contribution in [0.4, 0.5) is 0 Å². The maximum atomic E-state index is 12.8. The largest absolute Gasteiger partial charge is 0.497 e. The summed E-state index contributed by atoms with van der Waals surface area (Å²) in [4.78, 5) is 26.7. The summed E-state index contributed by atoms with van der Waals surface area (Å²) in [6.07, 6.45) is 0.767. The lowest BCUT2D eigenvalue weighted by Gasteiger charge is -2.28. The van der Waals surface area contributed by atoms with Gasteiger partial charge in [0.05, 0.1) is 12.5 Å². The molecule has 0 atom stereocenters. The second-order valence-electron chi connectivity index (χ2n) is 6.08. The number of hydrogen-bond acceptors (Lipinski definition) is 4. The fourth-order valence-corrected chi connectivity index (χ4v) is 3.20. The summed E-state index contributed by atoms with van der Waals surface area (Å²) in [5.74, 6) is 0.580. The molecule has 1 aliphatic rings. The van der Waals surface area contributed by atoms with Crippen molar-refractivity contribution in [2.24, 2.45) is 0 Å². The minimum absolute atomic E-state index is 0.0787. The van der Waals surface area contributed by atoms with Gasteiger partial charge in [0.25, 0.3) is 5.91 Å². The maximum absolute atomic E-state index is 12.8.